The molecule has 0 aliphatic rings. The maximum absolute atomic E-state index is 12.6. The van der Waals surface area contributed by atoms with Gasteiger partial charge in [0.2, 0.25) is 0 Å². The SMILES string of the molecule is NC(=O)c1ccnc2ncn(-c3ccc(C(F)(F)F)cc3)c12. The highest BCUT2D eigenvalue weighted by molar-refractivity contribution is 6.03. The molecule has 3 rings (SSSR count). The van der Waals surface area contributed by atoms with Crippen LogP contribution in [0.25, 0.3) is 16.9 Å². The second kappa shape index (κ2) is 4.83. The van der Waals surface area contributed by atoms with Gasteiger partial charge in [0.15, 0.2) is 5.65 Å². The van der Waals surface area contributed by atoms with E-state index in [4.69, 9.17) is 5.73 Å². The van der Waals surface area contributed by atoms with E-state index in [2.05, 4.69) is 9.97 Å². The van der Waals surface area contributed by atoms with E-state index in [1.807, 2.05) is 0 Å². The van der Waals surface area contributed by atoms with Gasteiger partial charge in [-0.1, -0.05) is 0 Å². The van der Waals surface area contributed by atoms with Crippen LogP contribution in [0.4, 0.5) is 13.2 Å². The molecule has 8 heteroatoms. The van der Waals surface area contributed by atoms with Gasteiger partial charge in [-0.2, -0.15) is 13.2 Å². The van der Waals surface area contributed by atoms with Gasteiger partial charge in [0, 0.05) is 11.9 Å². The summed E-state index contributed by atoms with van der Waals surface area (Å²) >= 11 is 0. The predicted molar refractivity (Wildman–Crippen MR) is 72.4 cm³/mol. The summed E-state index contributed by atoms with van der Waals surface area (Å²) < 4.78 is 39.3. The fourth-order valence-electron chi connectivity index (χ4n) is 2.15. The van der Waals surface area contributed by atoms with Gasteiger partial charge in [-0.15, -0.1) is 0 Å². The predicted octanol–water partition coefficient (Wildman–Crippen LogP) is 2.54. The number of pyridine rings is 1. The first-order valence-corrected chi connectivity index (χ1v) is 6.17. The molecule has 0 fully saturated rings. The molecule has 0 aliphatic carbocycles. The van der Waals surface area contributed by atoms with Gasteiger partial charge >= 0.3 is 6.18 Å². The molecule has 0 aliphatic heterocycles. The Morgan fingerprint density at radius 2 is 1.77 bits per heavy atom. The highest BCUT2D eigenvalue weighted by atomic mass is 19.4. The number of benzene rings is 1. The Morgan fingerprint density at radius 3 is 2.36 bits per heavy atom. The Morgan fingerprint density at radius 1 is 1.09 bits per heavy atom. The Bertz CT molecular complexity index is 853. The Balaban J connectivity index is 2.17. The number of imidazole rings is 1. The van der Waals surface area contributed by atoms with Crippen LogP contribution in [0.5, 0.6) is 0 Å². The van der Waals surface area contributed by atoms with Crippen molar-refractivity contribution in [1.29, 1.82) is 0 Å². The summed E-state index contributed by atoms with van der Waals surface area (Å²) in [5, 5.41) is 0. The topological polar surface area (TPSA) is 73.8 Å². The minimum atomic E-state index is -4.41. The molecular formula is C14H9F3N4O. The van der Waals surface area contributed by atoms with Gasteiger partial charge in [-0.3, -0.25) is 9.36 Å². The first kappa shape index (κ1) is 14.1. The monoisotopic (exact) mass is 306 g/mol. The van der Waals surface area contributed by atoms with Crippen LogP contribution >= 0.6 is 0 Å². The highest BCUT2D eigenvalue weighted by Crippen LogP contribution is 2.30. The summed E-state index contributed by atoms with van der Waals surface area (Å²) in [6.45, 7) is 0. The van der Waals surface area contributed by atoms with Crippen LogP contribution in [0, 0.1) is 0 Å². The summed E-state index contributed by atoms with van der Waals surface area (Å²) in [7, 11) is 0. The third kappa shape index (κ3) is 2.28. The van der Waals surface area contributed by atoms with Crippen LogP contribution in [0.3, 0.4) is 0 Å². The van der Waals surface area contributed by atoms with E-state index in [1.165, 1.54) is 35.3 Å². The molecule has 0 spiro atoms. The number of halogens is 3. The Labute approximate surface area is 122 Å². The van der Waals surface area contributed by atoms with Gasteiger partial charge in [-0.25, -0.2) is 9.97 Å². The number of rotatable bonds is 2. The van der Waals surface area contributed by atoms with Gasteiger partial charge in [-0.05, 0) is 30.3 Å². The molecule has 0 saturated heterocycles. The number of alkyl halides is 3. The molecule has 1 amide bonds. The number of aromatic nitrogens is 3. The minimum Gasteiger partial charge on any atom is -0.366 e. The molecular weight excluding hydrogens is 297 g/mol. The molecule has 0 bridgehead atoms. The zero-order valence-electron chi connectivity index (χ0n) is 11.0. The molecule has 3 aromatic rings. The van der Waals surface area contributed by atoms with Crippen LogP contribution in [0.2, 0.25) is 0 Å². The fraction of sp³-hybridized carbons (Fsp3) is 0.0714. The lowest BCUT2D eigenvalue weighted by atomic mass is 10.2. The van der Waals surface area contributed by atoms with E-state index in [9.17, 15) is 18.0 Å². The Kier molecular flexibility index (Phi) is 3.09. The number of fused-ring (bicyclic) bond motifs is 1. The third-order valence-electron chi connectivity index (χ3n) is 3.18. The number of primary amides is 1. The zero-order chi connectivity index (χ0) is 15.9. The van der Waals surface area contributed by atoms with E-state index in [-0.39, 0.29) is 11.2 Å². The molecule has 112 valence electrons. The lowest BCUT2D eigenvalue weighted by molar-refractivity contribution is -0.137. The number of carbonyl (C=O) groups is 1. The van der Waals surface area contributed by atoms with Crippen LogP contribution in [-0.2, 0) is 6.18 Å². The molecule has 0 saturated carbocycles. The zero-order valence-corrected chi connectivity index (χ0v) is 11.0. The smallest absolute Gasteiger partial charge is 0.366 e. The van der Waals surface area contributed by atoms with E-state index in [0.29, 0.717) is 11.2 Å². The third-order valence-corrected chi connectivity index (χ3v) is 3.18. The first-order valence-electron chi connectivity index (χ1n) is 6.17. The van der Waals surface area contributed by atoms with E-state index in [0.717, 1.165) is 12.1 Å². The maximum Gasteiger partial charge on any atom is 0.416 e. The standard InChI is InChI=1S/C14H9F3N4O/c15-14(16,17)8-1-3-9(4-2-8)21-7-20-13-11(21)10(12(18)22)5-6-19-13/h1-7H,(H2,18,22). The second-order valence-electron chi connectivity index (χ2n) is 4.55. The van der Waals surface area contributed by atoms with E-state index in [1.54, 1.807) is 0 Å². The molecule has 22 heavy (non-hydrogen) atoms. The molecule has 2 aromatic heterocycles. The molecule has 5 nitrogen and oxygen atoms in total. The number of hydrogen-bond donors (Lipinski definition) is 1. The number of amides is 1. The molecule has 0 atom stereocenters. The maximum atomic E-state index is 12.6. The van der Waals surface area contributed by atoms with E-state index >= 15 is 0 Å². The second-order valence-corrected chi connectivity index (χ2v) is 4.55. The summed E-state index contributed by atoms with van der Waals surface area (Å²) in [4.78, 5) is 19.5. The van der Waals surface area contributed by atoms with Crippen LogP contribution < -0.4 is 5.73 Å². The van der Waals surface area contributed by atoms with E-state index < -0.39 is 17.6 Å². The van der Waals surface area contributed by atoms with Crippen molar-refractivity contribution in [3.05, 3.63) is 54.0 Å². The highest BCUT2D eigenvalue weighted by Gasteiger charge is 2.30. The van der Waals surface area contributed by atoms with Crippen molar-refractivity contribution in [2.24, 2.45) is 5.73 Å². The van der Waals surface area contributed by atoms with Gasteiger partial charge in [0.25, 0.3) is 5.91 Å². The van der Waals surface area contributed by atoms with Crippen LogP contribution in [0.15, 0.2) is 42.9 Å². The van der Waals surface area contributed by atoms with Crippen LogP contribution in [0.1, 0.15) is 15.9 Å². The van der Waals surface area contributed by atoms with Crippen molar-refractivity contribution in [3.63, 3.8) is 0 Å². The van der Waals surface area contributed by atoms with Crippen molar-refractivity contribution < 1.29 is 18.0 Å². The summed E-state index contributed by atoms with van der Waals surface area (Å²) in [5.74, 6) is -0.666. The van der Waals surface area contributed by atoms with Crippen molar-refractivity contribution in [2.75, 3.05) is 0 Å². The molecule has 2 heterocycles. The lowest BCUT2D eigenvalue weighted by Crippen LogP contribution is -2.13. The number of hydrogen-bond acceptors (Lipinski definition) is 3. The lowest BCUT2D eigenvalue weighted by Gasteiger charge is -2.09. The number of nitrogens with zero attached hydrogens (tertiary/aromatic N) is 3. The van der Waals surface area contributed by atoms with Crippen molar-refractivity contribution in [1.82, 2.24) is 14.5 Å². The fourth-order valence-corrected chi connectivity index (χ4v) is 2.15. The van der Waals surface area contributed by atoms with Gasteiger partial charge in [0.05, 0.1) is 11.1 Å². The number of carbonyl (C=O) groups excluding carboxylic acids is 1. The average molecular weight is 306 g/mol. The summed E-state index contributed by atoms with van der Waals surface area (Å²) in [6, 6.07) is 5.94. The van der Waals surface area contributed by atoms with Crippen molar-refractivity contribution >= 4 is 17.1 Å². The quantitative estimate of drug-likeness (QED) is 0.790. The molecule has 0 radical (unpaired) electrons. The molecule has 0 unspecified atom stereocenters. The Hall–Kier alpha value is -2.90. The van der Waals surface area contributed by atoms with Crippen molar-refractivity contribution in [3.8, 4) is 5.69 Å². The molecule has 2 N–H and O–H groups in total. The summed E-state index contributed by atoms with van der Waals surface area (Å²) in [6.07, 6.45) is -1.63. The first-order chi connectivity index (χ1) is 10.4. The summed E-state index contributed by atoms with van der Waals surface area (Å²) in [5.41, 5.74) is 5.82. The van der Waals surface area contributed by atoms with Crippen molar-refractivity contribution in [2.45, 2.75) is 6.18 Å². The molecule has 1 aromatic carbocycles. The normalized spacial score (nSPS) is 11.8. The largest absolute Gasteiger partial charge is 0.416 e. The average Bonchev–Trinajstić information content (AvgIpc) is 2.90. The van der Waals surface area contributed by atoms with Crippen LogP contribution in [-0.4, -0.2) is 20.4 Å². The van der Waals surface area contributed by atoms with Gasteiger partial charge in [0.1, 0.15) is 11.8 Å². The number of nitrogens with two attached hydrogens (primary N) is 1. The minimum absolute atomic E-state index is 0.197. The van der Waals surface area contributed by atoms with Gasteiger partial charge < -0.3 is 5.73 Å².